The molecular weight excluding hydrogens is 206 g/mol. The topological polar surface area (TPSA) is 70.1 Å². The third-order valence-corrected chi connectivity index (χ3v) is 2.81. The highest BCUT2D eigenvalue weighted by Gasteiger charge is 2.26. The minimum atomic E-state index is -0.412. The van der Waals surface area contributed by atoms with Crippen LogP contribution in [0.5, 0.6) is 0 Å². The van der Waals surface area contributed by atoms with Crippen molar-refractivity contribution in [2.45, 2.75) is 33.2 Å². The van der Waals surface area contributed by atoms with E-state index in [0.717, 1.165) is 23.5 Å². The number of carbonyl (C=O) groups is 1. The van der Waals surface area contributed by atoms with E-state index < -0.39 is 5.92 Å². The van der Waals surface area contributed by atoms with E-state index in [2.05, 4.69) is 5.10 Å². The second-order valence-electron chi connectivity index (χ2n) is 3.71. The Labute approximate surface area is 95.6 Å². The number of aromatic nitrogens is 2. The van der Waals surface area contributed by atoms with Crippen LogP contribution in [0.1, 0.15) is 29.8 Å². The number of aryl methyl sites for hydroxylation is 2. The van der Waals surface area contributed by atoms with Gasteiger partial charge >= 0.3 is 5.97 Å². The lowest BCUT2D eigenvalue weighted by Crippen LogP contribution is -2.24. The number of carbonyl (C=O) groups excluding carboxylic acids is 1. The highest BCUT2D eigenvalue weighted by Crippen LogP contribution is 2.23. The van der Waals surface area contributed by atoms with Gasteiger partial charge in [-0.3, -0.25) is 9.48 Å². The van der Waals surface area contributed by atoms with E-state index >= 15 is 0 Å². The molecule has 0 aliphatic rings. The van der Waals surface area contributed by atoms with E-state index in [0.29, 0.717) is 0 Å². The van der Waals surface area contributed by atoms with Crippen LogP contribution in [-0.4, -0.2) is 29.4 Å². The first kappa shape index (κ1) is 12.7. The van der Waals surface area contributed by atoms with Crippen molar-refractivity contribution in [2.75, 3.05) is 13.7 Å². The van der Waals surface area contributed by atoms with Gasteiger partial charge in [-0.15, -0.1) is 0 Å². The van der Waals surface area contributed by atoms with Crippen molar-refractivity contribution in [3.63, 3.8) is 0 Å². The maximum atomic E-state index is 11.6. The molecule has 1 aromatic heterocycles. The summed E-state index contributed by atoms with van der Waals surface area (Å²) in [6.45, 7) is 6.87. The summed E-state index contributed by atoms with van der Waals surface area (Å²) in [6.07, 6.45) is 0. The third kappa shape index (κ3) is 2.09. The molecule has 5 nitrogen and oxygen atoms in total. The fraction of sp³-hybridized carbons (Fsp3) is 0.636. The minimum absolute atomic E-state index is 0.240. The number of nitrogens with zero attached hydrogens (tertiary/aromatic N) is 2. The first-order valence-electron chi connectivity index (χ1n) is 5.38. The molecule has 0 bridgehead atoms. The average Bonchev–Trinajstić information content (AvgIpc) is 2.56. The van der Waals surface area contributed by atoms with E-state index in [-0.39, 0.29) is 12.5 Å². The van der Waals surface area contributed by atoms with Crippen molar-refractivity contribution in [3.8, 4) is 0 Å². The van der Waals surface area contributed by atoms with Crippen LogP contribution in [0.2, 0.25) is 0 Å². The summed E-state index contributed by atoms with van der Waals surface area (Å²) in [5, 5.41) is 4.37. The van der Waals surface area contributed by atoms with E-state index in [9.17, 15) is 4.79 Å². The Bertz CT molecular complexity index is 385. The molecule has 90 valence electrons. The molecule has 2 N–H and O–H groups in total. The lowest BCUT2D eigenvalue weighted by molar-refractivity contribution is -0.142. The normalized spacial score (nSPS) is 12.6. The van der Waals surface area contributed by atoms with Gasteiger partial charge in [0.25, 0.3) is 0 Å². The molecule has 16 heavy (non-hydrogen) atoms. The Kier molecular flexibility index (Phi) is 4.06. The van der Waals surface area contributed by atoms with Gasteiger partial charge in [-0.1, -0.05) is 0 Å². The van der Waals surface area contributed by atoms with Gasteiger partial charge in [0.1, 0.15) is 0 Å². The number of hydrogen-bond acceptors (Lipinski definition) is 4. The second kappa shape index (κ2) is 5.12. The molecule has 5 heteroatoms. The minimum Gasteiger partial charge on any atom is -0.469 e. The standard InChI is InChI=1S/C11H19N3O2/c1-5-14-8(3)10(7(2)13-14)9(6-12)11(15)16-4/h9H,5-6,12H2,1-4H3. The van der Waals surface area contributed by atoms with Crippen molar-refractivity contribution < 1.29 is 9.53 Å². The predicted molar refractivity (Wildman–Crippen MR) is 61.2 cm³/mol. The third-order valence-electron chi connectivity index (χ3n) is 2.81. The monoisotopic (exact) mass is 225 g/mol. The van der Waals surface area contributed by atoms with Crippen molar-refractivity contribution >= 4 is 5.97 Å². The van der Waals surface area contributed by atoms with Crippen LogP contribution in [0.25, 0.3) is 0 Å². The first-order chi connectivity index (χ1) is 7.56. The number of nitrogens with two attached hydrogens (primary N) is 1. The van der Waals surface area contributed by atoms with Crippen LogP contribution in [0, 0.1) is 13.8 Å². The van der Waals surface area contributed by atoms with Crippen molar-refractivity contribution in [3.05, 3.63) is 17.0 Å². The fourth-order valence-electron chi connectivity index (χ4n) is 2.00. The largest absolute Gasteiger partial charge is 0.469 e. The number of methoxy groups -OCH3 is 1. The Morgan fingerprint density at radius 2 is 2.19 bits per heavy atom. The SMILES string of the molecule is CCn1nc(C)c(C(CN)C(=O)OC)c1C. The van der Waals surface area contributed by atoms with Crippen molar-refractivity contribution in [2.24, 2.45) is 5.73 Å². The van der Waals surface area contributed by atoms with Gasteiger partial charge in [0.15, 0.2) is 0 Å². The van der Waals surface area contributed by atoms with Gasteiger partial charge in [-0.25, -0.2) is 0 Å². The summed E-state index contributed by atoms with van der Waals surface area (Å²) >= 11 is 0. The van der Waals surface area contributed by atoms with Gasteiger partial charge in [0.2, 0.25) is 0 Å². The highest BCUT2D eigenvalue weighted by atomic mass is 16.5. The molecule has 1 unspecified atom stereocenters. The maximum Gasteiger partial charge on any atom is 0.314 e. The molecule has 0 spiro atoms. The molecular formula is C11H19N3O2. The van der Waals surface area contributed by atoms with E-state index in [1.165, 1.54) is 7.11 Å². The summed E-state index contributed by atoms with van der Waals surface area (Å²) < 4.78 is 6.63. The Hall–Kier alpha value is -1.36. The molecule has 1 atom stereocenters. The molecule has 1 aromatic rings. The van der Waals surface area contributed by atoms with E-state index in [1.54, 1.807) is 0 Å². The van der Waals surface area contributed by atoms with Gasteiger partial charge in [0, 0.05) is 24.3 Å². The summed E-state index contributed by atoms with van der Waals surface area (Å²) in [5.41, 5.74) is 8.37. The van der Waals surface area contributed by atoms with Gasteiger partial charge < -0.3 is 10.5 Å². The van der Waals surface area contributed by atoms with Gasteiger partial charge in [-0.05, 0) is 20.8 Å². The lowest BCUT2D eigenvalue weighted by Gasteiger charge is -2.13. The van der Waals surface area contributed by atoms with Crippen LogP contribution >= 0.6 is 0 Å². The molecule has 0 radical (unpaired) electrons. The summed E-state index contributed by atoms with van der Waals surface area (Å²) in [6, 6.07) is 0. The van der Waals surface area contributed by atoms with Crippen molar-refractivity contribution in [1.29, 1.82) is 0 Å². The summed E-state index contributed by atoms with van der Waals surface area (Å²) in [4.78, 5) is 11.6. The summed E-state index contributed by atoms with van der Waals surface area (Å²) in [7, 11) is 1.37. The van der Waals surface area contributed by atoms with Gasteiger partial charge in [-0.2, -0.15) is 5.10 Å². The molecule has 0 saturated carbocycles. The van der Waals surface area contributed by atoms with E-state index in [1.807, 2.05) is 25.5 Å². The van der Waals surface area contributed by atoms with E-state index in [4.69, 9.17) is 10.5 Å². The highest BCUT2D eigenvalue weighted by molar-refractivity contribution is 5.79. The molecule has 0 aliphatic heterocycles. The molecule has 1 rings (SSSR count). The van der Waals surface area contributed by atoms with Crippen LogP contribution in [-0.2, 0) is 16.1 Å². The number of esters is 1. The zero-order valence-corrected chi connectivity index (χ0v) is 10.3. The summed E-state index contributed by atoms with van der Waals surface area (Å²) in [5.74, 6) is -0.713. The van der Waals surface area contributed by atoms with Crippen LogP contribution in [0.3, 0.4) is 0 Å². The smallest absolute Gasteiger partial charge is 0.314 e. The van der Waals surface area contributed by atoms with Gasteiger partial charge in [0.05, 0.1) is 18.7 Å². The number of hydrogen-bond donors (Lipinski definition) is 1. The van der Waals surface area contributed by atoms with Crippen molar-refractivity contribution in [1.82, 2.24) is 9.78 Å². The van der Waals surface area contributed by atoms with Crippen LogP contribution < -0.4 is 5.73 Å². The average molecular weight is 225 g/mol. The van der Waals surface area contributed by atoms with Crippen LogP contribution in [0.15, 0.2) is 0 Å². The predicted octanol–water partition coefficient (Wildman–Crippen LogP) is 0.735. The maximum absolute atomic E-state index is 11.6. The Balaban J connectivity index is 3.19. The number of rotatable bonds is 4. The second-order valence-corrected chi connectivity index (χ2v) is 3.71. The lowest BCUT2D eigenvalue weighted by atomic mass is 9.97. The van der Waals surface area contributed by atoms with Crippen LogP contribution in [0.4, 0.5) is 0 Å². The zero-order valence-electron chi connectivity index (χ0n) is 10.3. The molecule has 1 heterocycles. The Morgan fingerprint density at radius 1 is 1.56 bits per heavy atom. The quantitative estimate of drug-likeness (QED) is 0.767. The number of ether oxygens (including phenoxy) is 1. The molecule has 0 fully saturated rings. The molecule has 0 aliphatic carbocycles. The molecule has 0 amide bonds. The Morgan fingerprint density at radius 3 is 2.56 bits per heavy atom. The first-order valence-corrected chi connectivity index (χ1v) is 5.38. The molecule has 0 saturated heterocycles. The zero-order chi connectivity index (χ0) is 12.3. The molecule has 0 aromatic carbocycles. The fourth-order valence-corrected chi connectivity index (χ4v) is 2.00.